The van der Waals surface area contributed by atoms with Gasteiger partial charge < -0.3 is 4.74 Å². The van der Waals surface area contributed by atoms with Crippen molar-refractivity contribution in [3.8, 4) is 11.8 Å². The number of hydroxylamine groups is 2. The van der Waals surface area contributed by atoms with Crippen molar-refractivity contribution in [1.82, 2.24) is 5.06 Å². The highest BCUT2D eigenvalue weighted by atomic mass is 16.5. The lowest BCUT2D eigenvalue weighted by atomic mass is 10.1. The Morgan fingerprint density at radius 2 is 2.28 bits per heavy atom. The number of aryl methyl sites for hydroxylation is 1. The molecule has 18 heavy (non-hydrogen) atoms. The van der Waals surface area contributed by atoms with Crippen LogP contribution < -0.4 is 4.74 Å². The van der Waals surface area contributed by atoms with Gasteiger partial charge in [0, 0.05) is 7.05 Å². The molecule has 0 aliphatic rings. The van der Waals surface area contributed by atoms with Gasteiger partial charge in [-0.2, -0.15) is 5.26 Å². The SMILES string of the molecule is CCC(Oc1ccc(C)cc1C#N)C(=O)N(C)O. The molecular weight excluding hydrogens is 232 g/mol. The Labute approximate surface area is 106 Å². The summed E-state index contributed by atoms with van der Waals surface area (Å²) in [6.45, 7) is 3.64. The fourth-order valence-corrected chi connectivity index (χ4v) is 1.50. The van der Waals surface area contributed by atoms with Gasteiger partial charge in [-0.05, 0) is 31.0 Å². The second kappa shape index (κ2) is 6.03. The summed E-state index contributed by atoms with van der Waals surface area (Å²) in [5.74, 6) is -0.188. The third kappa shape index (κ3) is 3.22. The largest absolute Gasteiger partial charge is 0.479 e. The normalized spacial score (nSPS) is 11.5. The molecule has 0 bridgehead atoms. The molecule has 0 saturated heterocycles. The Balaban J connectivity index is 2.96. The number of benzene rings is 1. The standard InChI is InChI=1S/C13H16N2O3/c1-4-11(13(16)15(3)17)18-12-6-5-9(2)7-10(12)8-14/h5-7,11,17H,4H2,1-3H3. The maximum Gasteiger partial charge on any atom is 0.286 e. The molecule has 0 spiro atoms. The number of amides is 1. The first-order valence-corrected chi connectivity index (χ1v) is 5.63. The van der Waals surface area contributed by atoms with Crippen LogP contribution in [-0.2, 0) is 4.79 Å². The molecule has 1 atom stereocenters. The van der Waals surface area contributed by atoms with Crippen molar-refractivity contribution in [1.29, 1.82) is 5.26 Å². The lowest BCUT2D eigenvalue weighted by molar-refractivity contribution is -0.167. The number of carbonyl (C=O) groups is 1. The fourth-order valence-electron chi connectivity index (χ4n) is 1.50. The molecule has 96 valence electrons. The van der Waals surface area contributed by atoms with E-state index in [0.29, 0.717) is 22.8 Å². The average Bonchev–Trinajstić information content (AvgIpc) is 2.36. The predicted molar refractivity (Wildman–Crippen MR) is 65.2 cm³/mol. The van der Waals surface area contributed by atoms with Crippen LogP contribution in [0.15, 0.2) is 18.2 Å². The van der Waals surface area contributed by atoms with Crippen LogP contribution in [0.5, 0.6) is 5.75 Å². The van der Waals surface area contributed by atoms with Gasteiger partial charge in [0.15, 0.2) is 6.10 Å². The first-order valence-electron chi connectivity index (χ1n) is 5.63. The summed E-state index contributed by atoms with van der Waals surface area (Å²) in [7, 11) is 1.24. The maximum absolute atomic E-state index is 11.6. The number of nitriles is 1. The summed E-state index contributed by atoms with van der Waals surface area (Å²) in [4.78, 5) is 11.6. The summed E-state index contributed by atoms with van der Waals surface area (Å²) in [6, 6.07) is 7.17. The van der Waals surface area contributed by atoms with Crippen LogP contribution in [-0.4, -0.2) is 29.3 Å². The number of hydrogen-bond acceptors (Lipinski definition) is 4. The van der Waals surface area contributed by atoms with Gasteiger partial charge in [-0.25, -0.2) is 5.06 Å². The Kier molecular flexibility index (Phi) is 4.69. The van der Waals surface area contributed by atoms with Crippen LogP contribution in [0.25, 0.3) is 0 Å². The highest BCUT2D eigenvalue weighted by Crippen LogP contribution is 2.21. The lowest BCUT2D eigenvalue weighted by Gasteiger charge is -2.20. The molecule has 0 radical (unpaired) electrons. The van der Waals surface area contributed by atoms with Gasteiger partial charge in [0.2, 0.25) is 0 Å². The monoisotopic (exact) mass is 248 g/mol. The minimum Gasteiger partial charge on any atom is -0.479 e. The first-order chi connectivity index (χ1) is 8.49. The van der Waals surface area contributed by atoms with E-state index >= 15 is 0 Å². The number of hydrogen-bond donors (Lipinski definition) is 1. The van der Waals surface area contributed by atoms with E-state index in [2.05, 4.69) is 0 Å². The zero-order chi connectivity index (χ0) is 13.7. The molecule has 0 saturated carbocycles. The van der Waals surface area contributed by atoms with Crippen LogP contribution in [0.2, 0.25) is 0 Å². The van der Waals surface area contributed by atoms with Crippen LogP contribution in [0.1, 0.15) is 24.5 Å². The van der Waals surface area contributed by atoms with Crippen LogP contribution >= 0.6 is 0 Å². The zero-order valence-corrected chi connectivity index (χ0v) is 10.7. The predicted octanol–water partition coefficient (Wildman–Crippen LogP) is 1.87. The van der Waals surface area contributed by atoms with Crippen molar-refractivity contribution in [2.24, 2.45) is 0 Å². The van der Waals surface area contributed by atoms with E-state index in [-0.39, 0.29) is 0 Å². The molecular formula is C13H16N2O3. The molecule has 1 rings (SSSR count). The van der Waals surface area contributed by atoms with Gasteiger partial charge >= 0.3 is 0 Å². The summed E-state index contributed by atoms with van der Waals surface area (Å²) >= 11 is 0. The molecule has 1 aromatic rings. The molecule has 1 amide bonds. The van der Waals surface area contributed by atoms with E-state index in [1.165, 1.54) is 7.05 Å². The highest BCUT2D eigenvalue weighted by molar-refractivity contribution is 5.79. The van der Waals surface area contributed by atoms with Crippen LogP contribution in [0.3, 0.4) is 0 Å². The fraction of sp³-hybridized carbons (Fsp3) is 0.385. The van der Waals surface area contributed by atoms with Crippen molar-refractivity contribution in [3.05, 3.63) is 29.3 Å². The van der Waals surface area contributed by atoms with Gasteiger partial charge in [0.25, 0.3) is 5.91 Å². The molecule has 0 fully saturated rings. The highest BCUT2D eigenvalue weighted by Gasteiger charge is 2.22. The third-order valence-corrected chi connectivity index (χ3v) is 2.49. The Morgan fingerprint density at radius 3 is 2.78 bits per heavy atom. The van der Waals surface area contributed by atoms with E-state index in [1.54, 1.807) is 25.1 Å². The van der Waals surface area contributed by atoms with E-state index in [4.69, 9.17) is 15.2 Å². The second-order valence-corrected chi connectivity index (χ2v) is 3.99. The molecule has 0 aliphatic carbocycles. The van der Waals surface area contributed by atoms with Gasteiger partial charge in [0.05, 0.1) is 5.56 Å². The molecule has 0 aliphatic heterocycles. The van der Waals surface area contributed by atoms with Crippen molar-refractivity contribution >= 4 is 5.91 Å². The molecule has 0 heterocycles. The van der Waals surface area contributed by atoms with Crippen molar-refractivity contribution in [3.63, 3.8) is 0 Å². The molecule has 0 aromatic heterocycles. The van der Waals surface area contributed by atoms with Crippen molar-refractivity contribution in [2.75, 3.05) is 7.05 Å². The average molecular weight is 248 g/mol. The molecule has 5 heteroatoms. The third-order valence-electron chi connectivity index (χ3n) is 2.49. The quantitative estimate of drug-likeness (QED) is 0.652. The number of ether oxygens (including phenoxy) is 1. The number of carbonyl (C=O) groups excluding carboxylic acids is 1. The van der Waals surface area contributed by atoms with Crippen molar-refractivity contribution < 1.29 is 14.7 Å². The Bertz CT molecular complexity index is 478. The molecule has 1 N–H and O–H groups in total. The minimum absolute atomic E-state index is 0.352. The van der Waals surface area contributed by atoms with Gasteiger partial charge in [-0.3, -0.25) is 10.0 Å². The van der Waals surface area contributed by atoms with Crippen molar-refractivity contribution in [2.45, 2.75) is 26.4 Å². The summed E-state index contributed by atoms with van der Waals surface area (Å²) in [6.07, 6.45) is -0.391. The summed E-state index contributed by atoms with van der Waals surface area (Å²) < 4.78 is 5.49. The molecule has 1 aromatic carbocycles. The van der Waals surface area contributed by atoms with Crippen LogP contribution in [0.4, 0.5) is 0 Å². The van der Waals surface area contributed by atoms with E-state index < -0.39 is 12.0 Å². The topological polar surface area (TPSA) is 73.6 Å². The van der Waals surface area contributed by atoms with Crippen LogP contribution in [0, 0.1) is 18.3 Å². The van der Waals surface area contributed by atoms with Gasteiger partial charge in [-0.1, -0.05) is 13.0 Å². The van der Waals surface area contributed by atoms with E-state index in [1.807, 2.05) is 13.0 Å². The summed E-state index contributed by atoms with van der Waals surface area (Å²) in [5, 5.41) is 18.6. The molecule has 1 unspecified atom stereocenters. The first kappa shape index (κ1) is 14.0. The van der Waals surface area contributed by atoms with Gasteiger partial charge in [0.1, 0.15) is 11.8 Å². The summed E-state index contributed by atoms with van der Waals surface area (Å²) in [5.41, 5.74) is 1.32. The van der Waals surface area contributed by atoms with E-state index in [0.717, 1.165) is 5.56 Å². The zero-order valence-electron chi connectivity index (χ0n) is 10.7. The Morgan fingerprint density at radius 1 is 1.61 bits per heavy atom. The Hall–Kier alpha value is -2.06. The number of nitrogens with zero attached hydrogens (tertiary/aromatic N) is 2. The van der Waals surface area contributed by atoms with E-state index in [9.17, 15) is 4.79 Å². The molecule has 5 nitrogen and oxygen atoms in total. The lowest BCUT2D eigenvalue weighted by Crippen LogP contribution is -2.37. The number of likely N-dealkylation sites (N-methyl/N-ethyl adjacent to an activating group) is 1. The maximum atomic E-state index is 11.6. The van der Waals surface area contributed by atoms with Gasteiger partial charge in [-0.15, -0.1) is 0 Å². The number of rotatable bonds is 4. The second-order valence-electron chi connectivity index (χ2n) is 3.99. The minimum atomic E-state index is -0.796. The smallest absolute Gasteiger partial charge is 0.286 e.